The van der Waals surface area contributed by atoms with Crippen molar-refractivity contribution in [2.45, 2.75) is 13.3 Å². The van der Waals surface area contributed by atoms with E-state index in [-0.39, 0.29) is 23.3 Å². The second-order valence-electron chi connectivity index (χ2n) is 6.23. The highest BCUT2D eigenvalue weighted by Gasteiger charge is 2.25. The zero-order valence-corrected chi connectivity index (χ0v) is 16.1. The maximum absolute atomic E-state index is 13.2. The summed E-state index contributed by atoms with van der Waals surface area (Å²) < 4.78 is 6.64. The first-order valence-corrected chi connectivity index (χ1v) is 9.28. The van der Waals surface area contributed by atoms with Crippen LogP contribution in [0.1, 0.15) is 34.5 Å². The highest BCUT2D eigenvalue weighted by Crippen LogP contribution is 2.20. The van der Waals surface area contributed by atoms with Crippen molar-refractivity contribution in [3.63, 3.8) is 0 Å². The van der Waals surface area contributed by atoms with Crippen molar-refractivity contribution in [3.05, 3.63) is 66.2 Å². The highest BCUT2D eigenvalue weighted by atomic mass is 16.5. The van der Waals surface area contributed by atoms with Crippen LogP contribution < -0.4 is 10.2 Å². The Kier molecular flexibility index (Phi) is 6.39. The lowest BCUT2D eigenvalue weighted by Gasteiger charge is -2.20. The summed E-state index contributed by atoms with van der Waals surface area (Å²) in [5, 5.41) is 2.83. The number of amides is 2. The Hall–Kier alpha value is -3.19. The van der Waals surface area contributed by atoms with E-state index in [1.165, 1.54) is 0 Å². The predicted molar refractivity (Wildman–Crippen MR) is 108 cm³/mol. The minimum absolute atomic E-state index is 0.195. The molecule has 1 aromatic carbocycles. The average Bonchev–Trinajstić information content (AvgIpc) is 3.12. The molecule has 0 saturated heterocycles. The zero-order chi connectivity index (χ0) is 19.9. The number of anilines is 1. The van der Waals surface area contributed by atoms with Crippen molar-refractivity contribution >= 4 is 23.0 Å². The van der Waals surface area contributed by atoms with Crippen molar-refractivity contribution in [3.8, 4) is 0 Å². The monoisotopic (exact) mass is 380 g/mol. The largest absolute Gasteiger partial charge is 0.385 e. The minimum Gasteiger partial charge on any atom is -0.385 e. The molecule has 146 valence electrons. The molecule has 0 spiro atoms. The average molecular weight is 380 g/mol. The van der Waals surface area contributed by atoms with Gasteiger partial charge in [0.25, 0.3) is 11.8 Å². The molecule has 0 unspecified atom stereocenters. The molecule has 0 saturated carbocycles. The van der Waals surface area contributed by atoms with Crippen LogP contribution in [0.5, 0.6) is 0 Å². The van der Waals surface area contributed by atoms with Gasteiger partial charge in [-0.25, -0.2) is 4.98 Å². The number of methoxy groups -OCH3 is 1. The van der Waals surface area contributed by atoms with Crippen LogP contribution in [0.4, 0.5) is 5.69 Å². The summed E-state index contributed by atoms with van der Waals surface area (Å²) >= 11 is 0. The van der Waals surface area contributed by atoms with Gasteiger partial charge >= 0.3 is 0 Å². The summed E-state index contributed by atoms with van der Waals surface area (Å²) in [6, 6.07) is 14.9. The fourth-order valence-corrected chi connectivity index (χ4v) is 3.03. The molecule has 0 atom stereocenters. The first-order chi connectivity index (χ1) is 13.7. The Balaban J connectivity index is 1.93. The molecule has 2 heterocycles. The summed E-state index contributed by atoms with van der Waals surface area (Å²) in [4.78, 5) is 31.9. The number of hydrogen-bond acceptors (Lipinski definition) is 4. The van der Waals surface area contributed by atoms with Gasteiger partial charge in [0.2, 0.25) is 5.82 Å². The number of hydrogen-bond donors (Lipinski definition) is 1. The molecule has 2 amide bonds. The van der Waals surface area contributed by atoms with Crippen LogP contribution in [-0.4, -0.2) is 48.0 Å². The van der Waals surface area contributed by atoms with Gasteiger partial charge in [-0.1, -0.05) is 24.3 Å². The molecule has 0 aliphatic carbocycles. The van der Waals surface area contributed by atoms with E-state index in [9.17, 15) is 9.59 Å². The Labute approximate surface area is 163 Å². The smallest absolute Gasteiger partial charge is 0.287 e. The normalized spacial score (nSPS) is 10.8. The summed E-state index contributed by atoms with van der Waals surface area (Å²) in [5.41, 5.74) is 1.65. The van der Waals surface area contributed by atoms with Crippen molar-refractivity contribution in [1.29, 1.82) is 0 Å². The van der Waals surface area contributed by atoms with Crippen LogP contribution in [0.25, 0.3) is 5.52 Å². The van der Waals surface area contributed by atoms with Crippen LogP contribution in [0.3, 0.4) is 0 Å². The van der Waals surface area contributed by atoms with E-state index in [4.69, 9.17) is 4.74 Å². The Morgan fingerprint density at radius 1 is 1.14 bits per heavy atom. The lowest BCUT2D eigenvalue weighted by molar-refractivity contribution is 0.0937. The summed E-state index contributed by atoms with van der Waals surface area (Å²) in [6.45, 7) is 3.44. The number of rotatable bonds is 8. The van der Waals surface area contributed by atoms with Gasteiger partial charge in [0.05, 0.1) is 5.52 Å². The van der Waals surface area contributed by atoms with E-state index in [2.05, 4.69) is 10.3 Å². The van der Waals surface area contributed by atoms with Crippen LogP contribution >= 0.6 is 0 Å². The summed E-state index contributed by atoms with van der Waals surface area (Å²) in [5.74, 6) is -0.365. The Morgan fingerprint density at radius 2 is 1.89 bits per heavy atom. The van der Waals surface area contributed by atoms with Gasteiger partial charge < -0.3 is 15.0 Å². The number of aromatic nitrogens is 2. The Morgan fingerprint density at radius 3 is 2.61 bits per heavy atom. The second-order valence-corrected chi connectivity index (χ2v) is 6.23. The van der Waals surface area contributed by atoms with Crippen molar-refractivity contribution in [2.24, 2.45) is 0 Å². The number of fused-ring (bicyclic) bond motifs is 1. The molecule has 7 nitrogen and oxygen atoms in total. The number of carbonyl (C=O) groups is 2. The number of ether oxygens (including phenoxy) is 1. The molecular weight excluding hydrogens is 356 g/mol. The van der Waals surface area contributed by atoms with E-state index in [0.717, 1.165) is 5.69 Å². The number of pyridine rings is 1. The third-order valence-corrected chi connectivity index (χ3v) is 4.39. The standard InChI is InChI=1S/C21H24N4O3/c1-3-24(16-10-5-4-6-11-16)21(27)18-17-12-7-8-14-25(17)19(23-18)20(26)22-13-9-15-28-2/h4-8,10-12,14H,3,9,13,15H2,1-2H3,(H,22,26). The molecule has 0 bridgehead atoms. The van der Waals surface area contributed by atoms with E-state index in [0.29, 0.717) is 31.6 Å². The molecule has 0 aliphatic rings. The van der Waals surface area contributed by atoms with Crippen LogP contribution in [-0.2, 0) is 4.74 Å². The van der Waals surface area contributed by atoms with Crippen LogP contribution in [0.15, 0.2) is 54.7 Å². The fourth-order valence-electron chi connectivity index (χ4n) is 3.03. The number of nitrogens with zero attached hydrogens (tertiary/aromatic N) is 3. The van der Waals surface area contributed by atoms with Gasteiger partial charge in [-0.3, -0.25) is 14.0 Å². The molecule has 3 rings (SSSR count). The molecule has 0 radical (unpaired) electrons. The Bertz CT molecular complexity index is 953. The van der Waals surface area contributed by atoms with Gasteiger partial charge in [0, 0.05) is 38.7 Å². The van der Waals surface area contributed by atoms with Gasteiger partial charge in [0.1, 0.15) is 0 Å². The first kappa shape index (κ1) is 19.6. The van der Waals surface area contributed by atoms with Crippen molar-refractivity contribution in [1.82, 2.24) is 14.7 Å². The first-order valence-electron chi connectivity index (χ1n) is 9.28. The number of imidazole rings is 1. The molecule has 3 aromatic rings. The van der Waals surface area contributed by atoms with E-state index in [1.807, 2.05) is 43.3 Å². The maximum Gasteiger partial charge on any atom is 0.287 e. The molecule has 0 aliphatic heterocycles. The van der Waals surface area contributed by atoms with E-state index < -0.39 is 0 Å². The fraction of sp³-hybridized carbons (Fsp3) is 0.286. The van der Waals surface area contributed by atoms with Crippen molar-refractivity contribution < 1.29 is 14.3 Å². The molecular formula is C21H24N4O3. The molecule has 0 fully saturated rings. The van der Waals surface area contributed by atoms with Gasteiger partial charge in [-0.15, -0.1) is 0 Å². The number of benzene rings is 1. The number of para-hydroxylation sites is 1. The summed E-state index contributed by atoms with van der Waals surface area (Å²) in [6.07, 6.45) is 2.44. The van der Waals surface area contributed by atoms with Crippen LogP contribution in [0, 0.1) is 0 Å². The third-order valence-electron chi connectivity index (χ3n) is 4.39. The van der Waals surface area contributed by atoms with Crippen molar-refractivity contribution in [2.75, 3.05) is 31.7 Å². The maximum atomic E-state index is 13.2. The summed E-state index contributed by atoms with van der Waals surface area (Å²) in [7, 11) is 1.62. The van der Waals surface area contributed by atoms with Gasteiger partial charge in [0.15, 0.2) is 5.69 Å². The molecule has 1 N–H and O–H groups in total. The lowest BCUT2D eigenvalue weighted by Crippen LogP contribution is -2.31. The lowest BCUT2D eigenvalue weighted by atomic mass is 10.2. The second kappa shape index (κ2) is 9.14. The van der Waals surface area contributed by atoms with Crippen LogP contribution in [0.2, 0.25) is 0 Å². The third kappa shape index (κ3) is 4.04. The highest BCUT2D eigenvalue weighted by molar-refractivity contribution is 6.10. The number of carbonyl (C=O) groups excluding carboxylic acids is 2. The SMILES string of the molecule is CCN(C(=O)c1nc(C(=O)NCCCOC)n2ccccc12)c1ccccc1. The number of nitrogens with one attached hydrogen (secondary N) is 1. The van der Waals surface area contributed by atoms with E-state index in [1.54, 1.807) is 34.7 Å². The van der Waals surface area contributed by atoms with Gasteiger partial charge in [-0.05, 0) is 37.6 Å². The quantitative estimate of drug-likeness (QED) is 0.610. The zero-order valence-electron chi connectivity index (χ0n) is 16.1. The molecule has 7 heteroatoms. The van der Waals surface area contributed by atoms with Gasteiger partial charge in [-0.2, -0.15) is 0 Å². The minimum atomic E-state index is -0.320. The molecule has 2 aromatic heterocycles. The van der Waals surface area contributed by atoms with E-state index >= 15 is 0 Å². The topological polar surface area (TPSA) is 75.9 Å². The predicted octanol–water partition coefficient (Wildman–Crippen LogP) is 2.77. The molecule has 28 heavy (non-hydrogen) atoms.